The van der Waals surface area contributed by atoms with Crippen molar-refractivity contribution in [1.29, 1.82) is 0 Å². The van der Waals surface area contributed by atoms with E-state index in [4.69, 9.17) is 18.9 Å². The van der Waals surface area contributed by atoms with Crippen LogP contribution in [0, 0.1) is 0 Å². The summed E-state index contributed by atoms with van der Waals surface area (Å²) in [5.41, 5.74) is 2.32. The number of fused-ring (bicyclic) bond motifs is 1. The van der Waals surface area contributed by atoms with Gasteiger partial charge in [0.25, 0.3) is 5.56 Å². The second-order valence-corrected chi connectivity index (χ2v) is 12.2. The molecule has 0 amide bonds. The Labute approximate surface area is 269 Å². The van der Waals surface area contributed by atoms with E-state index < -0.39 is 12.0 Å². The maximum Gasteiger partial charge on any atom is 0.337 e. The summed E-state index contributed by atoms with van der Waals surface area (Å²) in [6.45, 7) is 5.02. The smallest absolute Gasteiger partial charge is 0.337 e. The van der Waals surface area contributed by atoms with Crippen molar-refractivity contribution >= 4 is 55.2 Å². The van der Waals surface area contributed by atoms with Gasteiger partial charge in [-0.05, 0) is 73.5 Å². The van der Waals surface area contributed by atoms with Crippen molar-refractivity contribution in [1.82, 2.24) is 4.57 Å². The number of carbonyl (C=O) groups excluding carboxylic acids is 1. The van der Waals surface area contributed by atoms with Crippen molar-refractivity contribution in [3.8, 4) is 17.2 Å². The van der Waals surface area contributed by atoms with Crippen LogP contribution in [0.5, 0.6) is 17.2 Å². The number of benzene rings is 3. The first-order chi connectivity index (χ1) is 20.8. The van der Waals surface area contributed by atoms with Gasteiger partial charge in [-0.2, -0.15) is 0 Å². The van der Waals surface area contributed by atoms with Gasteiger partial charge in [0.05, 0.1) is 36.5 Å². The van der Waals surface area contributed by atoms with Crippen molar-refractivity contribution in [2.75, 3.05) is 20.3 Å². The van der Waals surface area contributed by atoms with E-state index in [-0.39, 0.29) is 11.1 Å². The van der Waals surface area contributed by atoms with Crippen molar-refractivity contribution in [2.45, 2.75) is 26.5 Å². The molecule has 4 aromatic rings. The molecule has 1 atom stereocenters. The molecule has 1 aliphatic heterocycles. The van der Waals surface area contributed by atoms with Crippen LogP contribution in [0.15, 0.2) is 91.2 Å². The molecule has 1 aromatic heterocycles. The van der Waals surface area contributed by atoms with E-state index in [1.807, 2.05) is 62.4 Å². The zero-order valence-corrected chi connectivity index (χ0v) is 27.6. The molecule has 222 valence electrons. The Morgan fingerprint density at radius 2 is 1.63 bits per heavy atom. The van der Waals surface area contributed by atoms with E-state index in [1.54, 1.807) is 18.2 Å². The topological polar surface area (TPSA) is 88.4 Å². The normalized spacial score (nSPS) is 14.4. The lowest BCUT2D eigenvalue weighted by Gasteiger charge is -2.23. The predicted octanol–water partition coefficient (Wildman–Crippen LogP) is 5.92. The summed E-state index contributed by atoms with van der Waals surface area (Å²) in [6, 6.07) is 18.1. The molecule has 2 heterocycles. The molecule has 5 rings (SSSR count). The molecule has 0 saturated heterocycles. The molecular formula is C32H28Br2N2O6S. The fourth-order valence-electron chi connectivity index (χ4n) is 4.63. The summed E-state index contributed by atoms with van der Waals surface area (Å²) >= 11 is 8.22. The number of hydrogen-bond donors (Lipinski definition) is 0. The molecule has 0 aliphatic carbocycles. The zero-order chi connectivity index (χ0) is 30.5. The number of ether oxygens (including phenoxy) is 4. The number of esters is 1. The maximum absolute atomic E-state index is 14.0. The first-order valence-electron chi connectivity index (χ1n) is 13.5. The van der Waals surface area contributed by atoms with Crippen LogP contribution in [0.4, 0.5) is 0 Å². The molecule has 43 heavy (non-hydrogen) atoms. The largest absolute Gasteiger partial charge is 0.490 e. The van der Waals surface area contributed by atoms with Crippen LogP contribution >= 0.6 is 43.2 Å². The summed E-state index contributed by atoms with van der Waals surface area (Å²) in [7, 11) is 1.30. The van der Waals surface area contributed by atoms with Crippen molar-refractivity contribution in [2.24, 2.45) is 4.99 Å². The van der Waals surface area contributed by atoms with Gasteiger partial charge in [-0.1, -0.05) is 61.4 Å². The third-order valence-electron chi connectivity index (χ3n) is 6.57. The number of carbonyl (C=O) groups is 1. The summed E-state index contributed by atoms with van der Waals surface area (Å²) in [4.78, 5) is 31.8. The van der Waals surface area contributed by atoms with Gasteiger partial charge >= 0.3 is 5.97 Å². The number of aromatic nitrogens is 1. The van der Waals surface area contributed by atoms with Crippen molar-refractivity contribution in [3.63, 3.8) is 0 Å². The average molecular weight is 728 g/mol. The lowest BCUT2D eigenvalue weighted by molar-refractivity contribution is -0.136. The summed E-state index contributed by atoms with van der Waals surface area (Å²) in [5.74, 6) is 1.14. The monoisotopic (exact) mass is 726 g/mol. The van der Waals surface area contributed by atoms with Gasteiger partial charge in [0.15, 0.2) is 16.3 Å². The molecule has 0 spiro atoms. The van der Waals surface area contributed by atoms with Crippen LogP contribution in [-0.2, 0) is 16.1 Å². The van der Waals surface area contributed by atoms with Gasteiger partial charge in [0.2, 0.25) is 0 Å². The number of rotatable bonds is 10. The number of thiazole rings is 1. The molecule has 0 bridgehead atoms. The zero-order valence-electron chi connectivity index (χ0n) is 23.6. The molecule has 0 fully saturated rings. The Morgan fingerprint density at radius 1 is 0.930 bits per heavy atom. The molecule has 8 nitrogen and oxygen atoms in total. The molecule has 0 unspecified atom stereocenters. The highest BCUT2D eigenvalue weighted by atomic mass is 79.9. The van der Waals surface area contributed by atoms with Crippen LogP contribution in [0.3, 0.4) is 0 Å². The summed E-state index contributed by atoms with van der Waals surface area (Å²) in [5, 5.41) is 0. The highest BCUT2D eigenvalue weighted by Crippen LogP contribution is 2.35. The molecule has 1 aliphatic rings. The second-order valence-electron chi connectivity index (χ2n) is 9.35. The molecule has 11 heteroatoms. The fraction of sp³-hybridized carbons (Fsp3) is 0.219. The van der Waals surface area contributed by atoms with E-state index in [0.717, 1.165) is 20.1 Å². The Kier molecular flexibility index (Phi) is 9.84. The van der Waals surface area contributed by atoms with Crippen LogP contribution in [0.2, 0.25) is 0 Å². The standard InChI is InChI=1S/C32H28Br2N2O6S/c1-4-40-26-12-8-20(15-27(26)41-5-2)29-24(31(38)39-3)17-35-32-36(29)30(37)28(43-32)16-21-14-23(34)11-13-25(21)42-18-19-6-9-22(33)10-7-19/h6-17,29H,4-5,18H2,1-3H3/b28-16-/t29-/m0/s1. The van der Waals surface area contributed by atoms with E-state index in [2.05, 4.69) is 36.9 Å². The Bertz CT molecular complexity index is 1860. The van der Waals surface area contributed by atoms with Gasteiger partial charge in [-0.25, -0.2) is 9.79 Å². The Morgan fingerprint density at radius 3 is 2.35 bits per heavy atom. The first-order valence-corrected chi connectivity index (χ1v) is 15.9. The number of halogens is 2. The lowest BCUT2D eigenvalue weighted by Crippen LogP contribution is -2.39. The maximum atomic E-state index is 14.0. The third-order valence-corrected chi connectivity index (χ3v) is 8.59. The number of nitrogens with zero attached hydrogens (tertiary/aromatic N) is 2. The minimum absolute atomic E-state index is 0.231. The SMILES string of the molecule is CCOc1ccc([C@H]2C(C(=O)OC)=CN=c3s/c(=C\c4cc(Br)ccc4OCc4ccc(Br)cc4)c(=O)n32)cc1OCC. The lowest BCUT2D eigenvalue weighted by atomic mass is 9.97. The Hall–Kier alpha value is -3.67. The van der Waals surface area contributed by atoms with Crippen LogP contribution < -0.4 is 29.1 Å². The van der Waals surface area contributed by atoms with Crippen molar-refractivity contribution < 1.29 is 23.7 Å². The van der Waals surface area contributed by atoms with E-state index in [9.17, 15) is 9.59 Å². The van der Waals surface area contributed by atoms with Gasteiger partial charge in [0, 0.05) is 20.7 Å². The van der Waals surface area contributed by atoms with Crippen LogP contribution in [0.1, 0.15) is 36.6 Å². The molecule has 3 aromatic carbocycles. The minimum atomic E-state index is -0.781. The molecule has 0 saturated carbocycles. The van der Waals surface area contributed by atoms with E-state index in [0.29, 0.717) is 52.0 Å². The predicted molar refractivity (Wildman–Crippen MR) is 173 cm³/mol. The minimum Gasteiger partial charge on any atom is -0.490 e. The first kappa shape index (κ1) is 30.8. The highest BCUT2D eigenvalue weighted by molar-refractivity contribution is 9.10. The third kappa shape index (κ3) is 6.79. The van der Waals surface area contributed by atoms with Crippen molar-refractivity contribution in [3.05, 3.63) is 118 Å². The summed E-state index contributed by atoms with van der Waals surface area (Å²) < 4.78 is 26.6. The Balaban J connectivity index is 1.60. The number of hydrogen-bond acceptors (Lipinski definition) is 8. The fourth-order valence-corrected chi connectivity index (χ4v) is 6.24. The van der Waals surface area contributed by atoms with Gasteiger partial charge in [0.1, 0.15) is 12.4 Å². The second kappa shape index (κ2) is 13.7. The van der Waals surface area contributed by atoms with Gasteiger partial charge in [-0.15, -0.1) is 0 Å². The number of methoxy groups -OCH3 is 1. The van der Waals surface area contributed by atoms with Gasteiger partial charge in [-0.3, -0.25) is 9.36 Å². The van der Waals surface area contributed by atoms with Crippen LogP contribution in [-0.4, -0.2) is 30.9 Å². The van der Waals surface area contributed by atoms with E-state index >= 15 is 0 Å². The molecular weight excluding hydrogens is 700 g/mol. The average Bonchev–Trinajstić information content (AvgIpc) is 3.32. The molecule has 0 radical (unpaired) electrons. The molecule has 0 N–H and O–H groups in total. The highest BCUT2D eigenvalue weighted by Gasteiger charge is 2.31. The summed E-state index contributed by atoms with van der Waals surface area (Å²) in [6.07, 6.45) is 3.25. The quantitative estimate of drug-likeness (QED) is 0.189. The van der Waals surface area contributed by atoms with E-state index in [1.165, 1.54) is 29.2 Å². The van der Waals surface area contributed by atoms with Gasteiger partial charge < -0.3 is 18.9 Å². The van der Waals surface area contributed by atoms with Crippen LogP contribution in [0.25, 0.3) is 6.08 Å².